The van der Waals surface area contributed by atoms with Gasteiger partial charge in [-0.25, -0.2) is 9.59 Å². The molecule has 0 N–H and O–H groups in total. The summed E-state index contributed by atoms with van der Waals surface area (Å²) < 4.78 is 7.27. The Morgan fingerprint density at radius 1 is 1.18 bits per heavy atom. The molecule has 0 fully saturated rings. The topological polar surface area (TPSA) is 70.3 Å². The van der Waals surface area contributed by atoms with Gasteiger partial charge in [-0.3, -0.25) is 9.36 Å². The number of hydrogen-bond donors (Lipinski definition) is 0. The van der Waals surface area contributed by atoms with E-state index in [1.807, 2.05) is 0 Å². The molecule has 6 nitrogen and oxygen atoms in total. The first-order valence-electron chi connectivity index (χ1n) is 6.30. The van der Waals surface area contributed by atoms with E-state index in [9.17, 15) is 14.4 Å². The van der Waals surface area contributed by atoms with Gasteiger partial charge in [-0.2, -0.15) is 0 Å². The van der Waals surface area contributed by atoms with Crippen LogP contribution in [0.1, 0.15) is 5.56 Å². The second kappa shape index (κ2) is 6.44. The lowest BCUT2D eigenvalue weighted by atomic mass is 10.3. The molecule has 0 unspecified atom stereocenters. The molecular weight excluding hydrogens is 308 g/mol. The molecule has 0 bridgehead atoms. The molecule has 0 radical (unpaired) electrons. The van der Waals surface area contributed by atoms with E-state index >= 15 is 0 Å². The first-order chi connectivity index (χ1) is 10.4. The summed E-state index contributed by atoms with van der Waals surface area (Å²) in [6, 6.07) is 6.30. The van der Waals surface area contributed by atoms with E-state index in [-0.39, 0.29) is 5.56 Å². The van der Waals surface area contributed by atoms with Gasteiger partial charge in [0, 0.05) is 31.4 Å². The molecule has 2 aromatic rings. The summed E-state index contributed by atoms with van der Waals surface area (Å²) >= 11 is 5.73. The van der Waals surface area contributed by atoms with Gasteiger partial charge in [0.25, 0.3) is 5.56 Å². The first-order valence-corrected chi connectivity index (χ1v) is 6.68. The maximum absolute atomic E-state index is 11.9. The number of aromatic nitrogens is 2. The Bertz CT molecular complexity index is 847. The average molecular weight is 321 g/mol. The number of halogens is 1. The molecular formula is C15H13ClN2O4. The number of rotatable bonds is 3. The molecule has 114 valence electrons. The predicted molar refractivity (Wildman–Crippen MR) is 83.0 cm³/mol. The molecule has 1 aromatic heterocycles. The van der Waals surface area contributed by atoms with E-state index in [4.69, 9.17) is 16.3 Å². The highest BCUT2D eigenvalue weighted by Crippen LogP contribution is 2.15. The molecule has 0 saturated carbocycles. The molecule has 7 heteroatoms. The van der Waals surface area contributed by atoms with Crippen molar-refractivity contribution in [3.8, 4) is 5.75 Å². The fourth-order valence-electron chi connectivity index (χ4n) is 1.76. The van der Waals surface area contributed by atoms with Gasteiger partial charge in [-0.05, 0) is 30.3 Å². The van der Waals surface area contributed by atoms with Crippen molar-refractivity contribution in [2.75, 3.05) is 0 Å². The second-order valence-corrected chi connectivity index (χ2v) is 4.99. The molecule has 0 amide bonds. The van der Waals surface area contributed by atoms with Crippen molar-refractivity contribution < 1.29 is 9.53 Å². The molecule has 0 atom stereocenters. The number of aryl methyl sites for hydroxylation is 1. The lowest BCUT2D eigenvalue weighted by molar-refractivity contribution is -0.128. The van der Waals surface area contributed by atoms with Gasteiger partial charge in [-0.1, -0.05) is 11.6 Å². The second-order valence-electron chi connectivity index (χ2n) is 4.55. The van der Waals surface area contributed by atoms with Crippen LogP contribution >= 0.6 is 11.6 Å². The normalized spacial score (nSPS) is 10.9. The van der Waals surface area contributed by atoms with E-state index in [2.05, 4.69) is 0 Å². The number of esters is 1. The van der Waals surface area contributed by atoms with Crippen LogP contribution in [0.4, 0.5) is 0 Å². The van der Waals surface area contributed by atoms with Crippen molar-refractivity contribution in [3.63, 3.8) is 0 Å². The summed E-state index contributed by atoms with van der Waals surface area (Å²) in [6.07, 6.45) is 3.78. The number of ether oxygens (including phenoxy) is 1. The van der Waals surface area contributed by atoms with Crippen molar-refractivity contribution in [1.82, 2.24) is 9.13 Å². The molecule has 0 aliphatic carbocycles. The van der Waals surface area contributed by atoms with E-state index in [1.165, 1.54) is 30.9 Å². The molecule has 0 spiro atoms. The van der Waals surface area contributed by atoms with Gasteiger partial charge in [-0.15, -0.1) is 0 Å². The zero-order valence-electron chi connectivity index (χ0n) is 11.9. The number of carbonyl (C=O) groups excluding carboxylic acids is 1. The van der Waals surface area contributed by atoms with Crippen molar-refractivity contribution >= 4 is 23.6 Å². The lowest BCUT2D eigenvalue weighted by Gasteiger charge is -2.03. The number of benzene rings is 1. The Balaban J connectivity index is 2.18. The minimum atomic E-state index is -0.641. The molecule has 0 saturated heterocycles. The van der Waals surface area contributed by atoms with Crippen LogP contribution in [0.25, 0.3) is 6.08 Å². The quantitative estimate of drug-likeness (QED) is 0.486. The standard InChI is InChI=1S/C15H13ClN2O4/c1-17-9-10(14(20)18(2)15(17)21)3-8-13(19)22-12-6-4-11(16)5-7-12/h3-9H,1-2H3/b8-3+. The van der Waals surface area contributed by atoms with Crippen LogP contribution in [0.3, 0.4) is 0 Å². The molecule has 2 rings (SSSR count). The van der Waals surface area contributed by atoms with E-state index < -0.39 is 17.2 Å². The Morgan fingerprint density at radius 2 is 1.82 bits per heavy atom. The summed E-state index contributed by atoms with van der Waals surface area (Å²) in [4.78, 5) is 35.1. The fraction of sp³-hybridized carbons (Fsp3) is 0.133. The Morgan fingerprint density at radius 3 is 2.45 bits per heavy atom. The van der Waals surface area contributed by atoms with Gasteiger partial charge in [0.15, 0.2) is 0 Å². The van der Waals surface area contributed by atoms with E-state index in [0.29, 0.717) is 10.8 Å². The van der Waals surface area contributed by atoms with Crippen LogP contribution in [-0.4, -0.2) is 15.1 Å². The van der Waals surface area contributed by atoms with Gasteiger partial charge in [0.1, 0.15) is 5.75 Å². The zero-order valence-corrected chi connectivity index (χ0v) is 12.7. The number of carbonyl (C=O) groups is 1. The fourth-order valence-corrected chi connectivity index (χ4v) is 1.89. The van der Waals surface area contributed by atoms with Crippen LogP contribution in [0.15, 0.2) is 46.1 Å². The highest BCUT2D eigenvalue weighted by Gasteiger charge is 2.05. The van der Waals surface area contributed by atoms with Crippen molar-refractivity contribution in [2.45, 2.75) is 0 Å². The summed E-state index contributed by atoms with van der Waals surface area (Å²) in [5, 5.41) is 0.532. The number of nitrogens with zero attached hydrogens (tertiary/aromatic N) is 2. The predicted octanol–water partition coefficient (Wildman–Crippen LogP) is 1.36. The molecule has 22 heavy (non-hydrogen) atoms. The summed E-state index contributed by atoms with van der Waals surface area (Å²) in [5.41, 5.74) is -0.720. The third-order valence-corrected chi connectivity index (χ3v) is 3.16. The van der Waals surface area contributed by atoms with Crippen LogP contribution in [-0.2, 0) is 18.9 Å². The average Bonchev–Trinajstić information content (AvgIpc) is 2.50. The van der Waals surface area contributed by atoms with Crippen molar-refractivity contribution in [2.24, 2.45) is 14.1 Å². The SMILES string of the molecule is Cn1cc(/C=C/C(=O)Oc2ccc(Cl)cc2)c(=O)n(C)c1=O. The van der Waals surface area contributed by atoms with Crippen LogP contribution < -0.4 is 16.0 Å². The Hall–Kier alpha value is -2.60. The summed E-state index contributed by atoms with van der Waals surface area (Å²) in [6.45, 7) is 0. The van der Waals surface area contributed by atoms with Gasteiger partial charge < -0.3 is 9.30 Å². The van der Waals surface area contributed by atoms with E-state index in [1.54, 1.807) is 24.3 Å². The largest absolute Gasteiger partial charge is 0.423 e. The molecule has 0 aliphatic rings. The molecule has 1 heterocycles. The maximum atomic E-state index is 11.9. The minimum absolute atomic E-state index is 0.206. The van der Waals surface area contributed by atoms with Crippen LogP contribution in [0.5, 0.6) is 5.75 Å². The Labute approximate surface area is 130 Å². The summed E-state index contributed by atoms with van der Waals surface area (Å²) in [7, 11) is 2.89. The number of hydrogen-bond acceptors (Lipinski definition) is 4. The highest BCUT2D eigenvalue weighted by molar-refractivity contribution is 6.30. The molecule has 1 aromatic carbocycles. The third kappa shape index (κ3) is 3.53. The van der Waals surface area contributed by atoms with E-state index in [0.717, 1.165) is 10.6 Å². The minimum Gasteiger partial charge on any atom is -0.423 e. The highest BCUT2D eigenvalue weighted by atomic mass is 35.5. The zero-order chi connectivity index (χ0) is 16.3. The lowest BCUT2D eigenvalue weighted by Crippen LogP contribution is -2.37. The molecule has 0 aliphatic heterocycles. The monoisotopic (exact) mass is 320 g/mol. The van der Waals surface area contributed by atoms with Gasteiger partial charge in [0.05, 0.1) is 5.56 Å². The van der Waals surface area contributed by atoms with Gasteiger partial charge in [0.2, 0.25) is 0 Å². The van der Waals surface area contributed by atoms with Crippen LogP contribution in [0, 0.1) is 0 Å². The first kappa shape index (κ1) is 15.8. The smallest absolute Gasteiger partial charge is 0.336 e. The summed E-state index contributed by atoms with van der Waals surface area (Å²) in [5.74, 6) is -0.300. The van der Waals surface area contributed by atoms with Crippen molar-refractivity contribution in [3.05, 3.63) is 68.0 Å². The Kier molecular flexibility index (Phi) is 4.62. The maximum Gasteiger partial charge on any atom is 0.336 e. The van der Waals surface area contributed by atoms with Crippen LogP contribution in [0.2, 0.25) is 5.02 Å². The van der Waals surface area contributed by atoms with Gasteiger partial charge >= 0.3 is 11.7 Å². The van der Waals surface area contributed by atoms with Crippen molar-refractivity contribution in [1.29, 1.82) is 0 Å². The third-order valence-electron chi connectivity index (χ3n) is 2.90.